The van der Waals surface area contributed by atoms with E-state index in [1.54, 1.807) is 12.1 Å². The van der Waals surface area contributed by atoms with E-state index in [0.29, 0.717) is 24.9 Å². The molecule has 1 rings (SSSR count). The van der Waals surface area contributed by atoms with Gasteiger partial charge in [0, 0.05) is 6.54 Å². The first-order valence-electron chi connectivity index (χ1n) is 6.16. The first-order chi connectivity index (χ1) is 9.88. The van der Waals surface area contributed by atoms with Crippen LogP contribution in [0, 0.1) is 0 Å². The van der Waals surface area contributed by atoms with Crippen molar-refractivity contribution >= 4 is 47.6 Å². The summed E-state index contributed by atoms with van der Waals surface area (Å²) in [7, 11) is 0. The Bertz CT molecular complexity index is 496. The van der Waals surface area contributed by atoms with Gasteiger partial charge in [0.05, 0.1) is 0 Å². The second-order valence-corrected chi connectivity index (χ2v) is 5.04. The number of halogens is 3. The third-order valence-electron chi connectivity index (χ3n) is 2.50. The Kier molecular flexibility index (Phi) is 9.84. The van der Waals surface area contributed by atoms with Crippen molar-refractivity contribution in [3.05, 3.63) is 28.0 Å². The summed E-state index contributed by atoms with van der Waals surface area (Å²) < 4.78 is 5.06. The average Bonchev–Trinajstić information content (AvgIpc) is 2.39. The van der Waals surface area contributed by atoms with Crippen LogP contribution in [0.5, 0.6) is 0 Å². The summed E-state index contributed by atoms with van der Waals surface area (Å²) in [6, 6.07) is 1.71. The van der Waals surface area contributed by atoms with Gasteiger partial charge in [0.25, 0.3) is 0 Å². The molecule has 1 heterocycles. The van der Waals surface area contributed by atoms with Gasteiger partial charge in [0.15, 0.2) is 0 Å². The fraction of sp³-hybridized carbons (Fsp3) is 0.417. The van der Waals surface area contributed by atoms with Gasteiger partial charge < -0.3 is 21.5 Å². The lowest BCUT2D eigenvalue weighted by Crippen LogP contribution is -2.34. The number of primary amides is 1. The van der Waals surface area contributed by atoms with Crippen molar-refractivity contribution in [3.63, 3.8) is 0 Å². The zero-order valence-electron chi connectivity index (χ0n) is 11.6. The number of hydrogen-bond acceptors (Lipinski definition) is 5. The van der Waals surface area contributed by atoms with Gasteiger partial charge in [-0.1, -0.05) is 23.2 Å². The van der Waals surface area contributed by atoms with Crippen LogP contribution < -0.4 is 16.8 Å². The number of aromatic nitrogens is 1. The summed E-state index contributed by atoms with van der Waals surface area (Å²) in [5.41, 5.74) is 11.2. The van der Waals surface area contributed by atoms with E-state index in [1.807, 2.05) is 0 Å². The molecule has 0 aliphatic rings. The van der Waals surface area contributed by atoms with Crippen molar-refractivity contribution in [2.45, 2.75) is 25.5 Å². The highest BCUT2D eigenvalue weighted by Crippen LogP contribution is 2.15. The van der Waals surface area contributed by atoms with Crippen LogP contribution in [-0.4, -0.2) is 29.6 Å². The first-order valence-corrected chi connectivity index (χ1v) is 6.91. The standard InChI is InChI=1S/C12H16Cl2N4O3.ClH/c13-9-4-7(5-10(14)18-9)6-21-11(19)8(15)2-1-3-17-12(16)20;/h4-5,8H,1-3,6,15H2,(H3,16,17,20);1H/t8-;/m0./s1. The number of esters is 1. The zero-order valence-corrected chi connectivity index (χ0v) is 13.9. The highest BCUT2D eigenvalue weighted by molar-refractivity contribution is 6.32. The topological polar surface area (TPSA) is 120 Å². The normalized spacial score (nSPS) is 11.2. The lowest BCUT2D eigenvalue weighted by atomic mass is 10.1. The van der Waals surface area contributed by atoms with Crippen LogP contribution >= 0.6 is 35.6 Å². The van der Waals surface area contributed by atoms with Crippen LogP contribution in [0.4, 0.5) is 4.79 Å². The van der Waals surface area contributed by atoms with Crippen LogP contribution in [0.3, 0.4) is 0 Å². The Morgan fingerprint density at radius 2 is 1.91 bits per heavy atom. The maximum atomic E-state index is 11.7. The maximum absolute atomic E-state index is 11.7. The summed E-state index contributed by atoms with van der Waals surface area (Å²) in [6.45, 7) is 0.361. The van der Waals surface area contributed by atoms with Crippen molar-refractivity contribution in [1.82, 2.24) is 10.3 Å². The molecule has 2 amide bonds. The minimum atomic E-state index is -0.771. The number of urea groups is 1. The molecule has 0 saturated carbocycles. The monoisotopic (exact) mass is 370 g/mol. The Labute approximate surface area is 144 Å². The lowest BCUT2D eigenvalue weighted by Gasteiger charge is -2.11. The molecule has 0 unspecified atom stereocenters. The Morgan fingerprint density at radius 1 is 1.32 bits per heavy atom. The van der Waals surface area contributed by atoms with Crippen molar-refractivity contribution in [2.75, 3.05) is 6.54 Å². The largest absolute Gasteiger partial charge is 0.460 e. The zero-order chi connectivity index (χ0) is 15.8. The second-order valence-electron chi connectivity index (χ2n) is 4.27. The summed E-state index contributed by atoms with van der Waals surface area (Å²) >= 11 is 11.5. The van der Waals surface area contributed by atoms with Crippen molar-refractivity contribution in [3.8, 4) is 0 Å². The van der Waals surface area contributed by atoms with Gasteiger partial charge in [-0.2, -0.15) is 0 Å². The third-order valence-corrected chi connectivity index (χ3v) is 2.88. The van der Waals surface area contributed by atoms with Gasteiger partial charge in [-0.25, -0.2) is 9.78 Å². The predicted molar refractivity (Wildman–Crippen MR) is 86.1 cm³/mol. The van der Waals surface area contributed by atoms with E-state index in [-0.39, 0.29) is 29.3 Å². The van der Waals surface area contributed by atoms with Gasteiger partial charge in [0.1, 0.15) is 23.0 Å². The van der Waals surface area contributed by atoms with Crippen LogP contribution in [0.15, 0.2) is 12.1 Å². The molecule has 1 atom stereocenters. The summed E-state index contributed by atoms with van der Waals surface area (Å²) in [5, 5.41) is 2.84. The van der Waals surface area contributed by atoms with Crippen molar-refractivity contribution < 1.29 is 14.3 Å². The van der Waals surface area contributed by atoms with E-state index in [2.05, 4.69) is 10.3 Å². The molecule has 0 saturated heterocycles. The SMILES string of the molecule is Cl.NC(=O)NCCC[C@H](N)C(=O)OCc1cc(Cl)nc(Cl)c1. The van der Waals surface area contributed by atoms with Gasteiger partial charge >= 0.3 is 12.0 Å². The van der Waals surface area contributed by atoms with Gasteiger partial charge in [0.2, 0.25) is 0 Å². The van der Waals surface area contributed by atoms with E-state index in [4.69, 9.17) is 39.4 Å². The third kappa shape index (κ3) is 8.23. The molecular formula is C12H17Cl3N4O3. The van der Waals surface area contributed by atoms with E-state index in [9.17, 15) is 9.59 Å². The number of nitrogens with two attached hydrogens (primary N) is 2. The molecular weight excluding hydrogens is 355 g/mol. The molecule has 0 fully saturated rings. The van der Waals surface area contributed by atoms with Gasteiger partial charge in [-0.3, -0.25) is 4.79 Å². The van der Waals surface area contributed by atoms with E-state index >= 15 is 0 Å². The number of nitrogens with one attached hydrogen (secondary N) is 1. The highest BCUT2D eigenvalue weighted by atomic mass is 35.5. The van der Waals surface area contributed by atoms with E-state index in [1.165, 1.54) is 0 Å². The minimum Gasteiger partial charge on any atom is -0.460 e. The van der Waals surface area contributed by atoms with Crippen molar-refractivity contribution in [2.24, 2.45) is 11.5 Å². The fourth-order valence-corrected chi connectivity index (χ4v) is 2.02. The molecule has 0 spiro atoms. The molecule has 22 heavy (non-hydrogen) atoms. The molecule has 124 valence electrons. The van der Waals surface area contributed by atoms with Crippen LogP contribution in [0.1, 0.15) is 18.4 Å². The maximum Gasteiger partial charge on any atom is 0.323 e. The van der Waals surface area contributed by atoms with E-state index < -0.39 is 18.0 Å². The molecule has 1 aromatic rings. The number of ether oxygens (including phenoxy) is 1. The number of rotatable bonds is 7. The molecule has 0 radical (unpaired) electrons. The molecule has 1 aromatic heterocycles. The Balaban J connectivity index is 0.00000441. The molecule has 5 N–H and O–H groups in total. The quantitative estimate of drug-likeness (QED) is 0.382. The number of carbonyl (C=O) groups is 2. The van der Waals surface area contributed by atoms with Gasteiger partial charge in [-0.05, 0) is 30.5 Å². The Hall–Kier alpha value is -1.28. The smallest absolute Gasteiger partial charge is 0.323 e. The molecule has 0 aromatic carbocycles. The minimum absolute atomic E-state index is 0. The highest BCUT2D eigenvalue weighted by Gasteiger charge is 2.15. The average molecular weight is 372 g/mol. The van der Waals surface area contributed by atoms with Crippen LogP contribution in [-0.2, 0) is 16.1 Å². The number of nitrogens with zero attached hydrogens (tertiary/aromatic N) is 1. The number of hydrogen-bond donors (Lipinski definition) is 3. The summed E-state index contributed by atoms with van der Waals surface area (Å²) in [5.74, 6) is -0.543. The number of carbonyl (C=O) groups excluding carboxylic acids is 2. The molecule has 0 bridgehead atoms. The second kappa shape index (κ2) is 10.4. The fourth-order valence-electron chi connectivity index (χ4n) is 1.51. The number of pyridine rings is 1. The predicted octanol–water partition coefficient (Wildman–Crippen LogP) is 1.63. The van der Waals surface area contributed by atoms with Crippen molar-refractivity contribution in [1.29, 1.82) is 0 Å². The lowest BCUT2D eigenvalue weighted by molar-refractivity contribution is -0.146. The van der Waals surface area contributed by atoms with Crippen LogP contribution in [0.2, 0.25) is 10.3 Å². The molecule has 0 aliphatic heterocycles. The summed E-state index contributed by atoms with van der Waals surface area (Å²) in [6.07, 6.45) is 0.892. The van der Waals surface area contributed by atoms with Crippen LogP contribution in [0.25, 0.3) is 0 Å². The first kappa shape index (κ1) is 20.7. The molecule has 10 heteroatoms. The number of amides is 2. The van der Waals surface area contributed by atoms with E-state index in [0.717, 1.165) is 0 Å². The molecule has 0 aliphatic carbocycles. The summed E-state index contributed by atoms with van der Waals surface area (Å²) in [4.78, 5) is 25.9. The Morgan fingerprint density at radius 3 is 2.45 bits per heavy atom. The molecule has 7 nitrogen and oxygen atoms in total. The van der Waals surface area contributed by atoms with Gasteiger partial charge in [-0.15, -0.1) is 12.4 Å².